The van der Waals surface area contributed by atoms with Crippen LogP contribution in [0.4, 0.5) is 4.39 Å². The van der Waals surface area contributed by atoms with E-state index in [-0.39, 0.29) is 28.9 Å². The predicted octanol–water partition coefficient (Wildman–Crippen LogP) is 3.99. The van der Waals surface area contributed by atoms with Gasteiger partial charge < -0.3 is 10.3 Å². The van der Waals surface area contributed by atoms with E-state index in [0.29, 0.717) is 10.6 Å². The fourth-order valence-corrected chi connectivity index (χ4v) is 2.75. The minimum Gasteiger partial charge on any atom is -0.358 e. The first-order valence-corrected chi connectivity index (χ1v) is 8.33. The highest BCUT2D eigenvalue weighted by Gasteiger charge is 2.15. The highest BCUT2D eigenvalue weighted by atomic mass is 35.5. The lowest BCUT2D eigenvalue weighted by Gasteiger charge is -2.07. The van der Waals surface area contributed by atoms with Crippen molar-refractivity contribution in [3.05, 3.63) is 80.3 Å². The zero-order valence-electron chi connectivity index (χ0n) is 12.9. The van der Waals surface area contributed by atoms with Gasteiger partial charge in [-0.2, -0.15) is 0 Å². The Bertz CT molecular complexity index is 1000. The Morgan fingerprint density at radius 2 is 1.88 bits per heavy atom. The van der Waals surface area contributed by atoms with Crippen molar-refractivity contribution >= 4 is 40.0 Å². The molecule has 1 heterocycles. The maximum absolute atomic E-state index is 14.0. The molecule has 0 aliphatic rings. The van der Waals surface area contributed by atoms with Gasteiger partial charge in [0.25, 0.3) is 5.91 Å². The van der Waals surface area contributed by atoms with Crippen molar-refractivity contribution in [2.75, 3.05) is 0 Å². The summed E-state index contributed by atoms with van der Waals surface area (Å²) in [6.07, 6.45) is 1.21. The summed E-state index contributed by atoms with van der Waals surface area (Å²) in [7, 11) is 0. The normalized spacial score (nSPS) is 10.8. The number of pyridine rings is 1. The number of nitrogens with one attached hydrogen (secondary N) is 2. The predicted molar refractivity (Wildman–Crippen MR) is 96.7 cm³/mol. The van der Waals surface area contributed by atoms with Gasteiger partial charge in [-0.1, -0.05) is 23.7 Å². The topological polar surface area (TPSA) is 62.0 Å². The van der Waals surface area contributed by atoms with Gasteiger partial charge in [0.2, 0.25) is 5.43 Å². The van der Waals surface area contributed by atoms with E-state index in [4.69, 9.17) is 23.2 Å². The highest BCUT2D eigenvalue weighted by molar-refractivity contribution is 6.30. The number of aromatic amines is 1. The van der Waals surface area contributed by atoms with Crippen molar-refractivity contribution in [2.24, 2.45) is 0 Å². The monoisotopic (exact) mass is 378 g/mol. The van der Waals surface area contributed by atoms with Gasteiger partial charge in [-0.15, -0.1) is 11.6 Å². The first-order chi connectivity index (χ1) is 12.0. The summed E-state index contributed by atoms with van der Waals surface area (Å²) in [4.78, 5) is 27.5. The molecule has 7 heteroatoms. The Morgan fingerprint density at radius 1 is 1.16 bits per heavy atom. The van der Waals surface area contributed by atoms with Crippen molar-refractivity contribution in [3.8, 4) is 0 Å². The van der Waals surface area contributed by atoms with Crippen molar-refractivity contribution < 1.29 is 9.18 Å². The summed E-state index contributed by atoms with van der Waals surface area (Å²) in [6.45, 7) is 0.240. The number of hydrogen-bond acceptors (Lipinski definition) is 2. The lowest BCUT2D eigenvalue weighted by atomic mass is 10.1. The first-order valence-electron chi connectivity index (χ1n) is 7.42. The quantitative estimate of drug-likeness (QED) is 0.674. The molecule has 0 radical (unpaired) electrons. The van der Waals surface area contributed by atoms with Gasteiger partial charge in [-0.25, -0.2) is 4.39 Å². The Balaban J connectivity index is 1.90. The highest BCUT2D eigenvalue weighted by Crippen LogP contribution is 2.17. The van der Waals surface area contributed by atoms with E-state index >= 15 is 0 Å². The van der Waals surface area contributed by atoms with Gasteiger partial charge >= 0.3 is 0 Å². The molecule has 0 aliphatic carbocycles. The van der Waals surface area contributed by atoms with Crippen LogP contribution >= 0.6 is 23.2 Å². The maximum atomic E-state index is 14.0. The van der Waals surface area contributed by atoms with Crippen molar-refractivity contribution in [1.29, 1.82) is 0 Å². The lowest BCUT2D eigenvalue weighted by Crippen LogP contribution is -2.28. The van der Waals surface area contributed by atoms with Crippen LogP contribution in [0.15, 0.2) is 47.4 Å². The van der Waals surface area contributed by atoms with E-state index < -0.39 is 17.2 Å². The SMILES string of the molecule is O=C(NCc1ccc(Cl)cc1)c1c[nH]c2c(F)cc(CCl)cc2c1=O. The number of carbonyl (C=O) groups excluding carboxylic acids is 1. The molecule has 1 amide bonds. The summed E-state index contributed by atoms with van der Waals surface area (Å²) in [5.41, 5.74) is 0.718. The average molecular weight is 379 g/mol. The molecule has 0 fully saturated rings. The molecule has 0 aliphatic heterocycles. The van der Waals surface area contributed by atoms with Crippen molar-refractivity contribution in [3.63, 3.8) is 0 Å². The van der Waals surface area contributed by atoms with E-state index in [1.807, 2.05) is 0 Å². The van der Waals surface area contributed by atoms with E-state index in [9.17, 15) is 14.0 Å². The van der Waals surface area contributed by atoms with Crippen LogP contribution in [-0.4, -0.2) is 10.9 Å². The Morgan fingerprint density at radius 3 is 2.56 bits per heavy atom. The second-order valence-electron chi connectivity index (χ2n) is 5.47. The number of halogens is 3. The largest absolute Gasteiger partial charge is 0.358 e. The van der Waals surface area contributed by atoms with Gasteiger partial charge in [-0.05, 0) is 35.4 Å². The van der Waals surface area contributed by atoms with Crippen LogP contribution in [0.2, 0.25) is 5.02 Å². The molecule has 4 nitrogen and oxygen atoms in total. The number of carbonyl (C=O) groups is 1. The molecule has 0 unspecified atom stereocenters. The molecule has 1 aromatic heterocycles. The van der Waals surface area contributed by atoms with Crippen molar-refractivity contribution in [2.45, 2.75) is 12.4 Å². The summed E-state index contributed by atoms with van der Waals surface area (Å²) < 4.78 is 14.0. The third kappa shape index (κ3) is 3.67. The van der Waals surface area contributed by atoms with Gasteiger partial charge in [0.15, 0.2) is 0 Å². The first kappa shape index (κ1) is 17.5. The van der Waals surface area contributed by atoms with Crippen LogP contribution in [0.25, 0.3) is 10.9 Å². The third-order valence-electron chi connectivity index (χ3n) is 3.77. The van der Waals surface area contributed by atoms with Gasteiger partial charge in [0.1, 0.15) is 11.4 Å². The average Bonchev–Trinajstić information content (AvgIpc) is 2.61. The fraction of sp³-hybridized carbons (Fsp3) is 0.111. The second-order valence-corrected chi connectivity index (χ2v) is 6.18. The Labute approximate surface area is 152 Å². The fourth-order valence-electron chi connectivity index (χ4n) is 2.47. The van der Waals surface area contributed by atoms with E-state index in [1.165, 1.54) is 18.3 Å². The number of aromatic nitrogens is 1. The van der Waals surface area contributed by atoms with Gasteiger partial charge in [0, 0.05) is 29.0 Å². The molecule has 128 valence electrons. The molecule has 0 saturated carbocycles. The lowest BCUT2D eigenvalue weighted by molar-refractivity contribution is 0.0949. The third-order valence-corrected chi connectivity index (χ3v) is 4.33. The van der Waals surface area contributed by atoms with Gasteiger partial charge in [-0.3, -0.25) is 9.59 Å². The number of hydrogen-bond donors (Lipinski definition) is 2. The summed E-state index contributed by atoms with van der Waals surface area (Å²) >= 11 is 11.5. The van der Waals surface area contributed by atoms with Crippen LogP contribution in [0.5, 0.6) is 0 Å². The van der Waals surface area contributed by atoms with Crippen LogP contribution in [0, 0.1) is 5.82 Å². The molecular formula is C18H13Cl2FN2O2. The van der Waals surface area contributed by atoms with Crippen LogP contribution in [0.1, 0.15) is 21.5 Å². The molecule has 3 aromatic rings. The van der Waals surface area contributed by atoms with Crippen LogP contribution in [-0.2, 0) is 12.4 Å². The number of alkyl halides is 1. The second kappa shape index (κ2) is 7.25. The summed E-state index contributed by atoms with van der Waals surface area (Å²) in [5, 5.41) is 3.35. The number of amides is 1. The Hall–Kier alpha value is -2.37. The Kier molecular flexibility index (Phi) is 5.06. The number of H-pyrrole nitrogens is 1. The van der Waals surface area contributed by atoms with Crippen LogP contribution in [0.3, 0.4) is 0 Å². The molecule has 2 N–H and O–H groups in total. The van der Waals surface area contributed by atoms with Crippen LogP contribution < -0.4 is 10.7 Å². The summed E-state index contributed by atoms with van der Waals surface area (Å²) in [6, 6.07) is 9.71. The van der Waals surface area contributed by atoms with E-state index in [1.54, 1.807) is 24.3 Å². The molecular weight excluding hydrogens is 366 g/mol. The molecule has 25 heavy (non-hydrogen) atoms. The zero-order valence-corrected chi connectivity index (χ0v) is 14.4. The maximum Gasteiger partial charge on any atom is 0.257 e. The smallest absolute Gasteiger partial charge is 0.257 e. The molecule has 0 saturated heterocycles. The minimum absolute atomic E-state index is 0.0492. The standard InChI is InChI=1S/C18H13Cl2FN2O2/c19-7-11-5-13-16(15(21)6-11)22-9-14(17(13)24)18(25)23-8-10-1-3-12(20)4-2-10/h1-6,9H,7-8H2,(H,22,24)(H,23,25). The van der Waals surface area contributed by atoms with Crippen molar-refractivity contribution in [1.82, 2.24) is 10.3 Å². The van der Waals surface area contributed by atoms with Gasteiger partial charge in [0.05, 0.1) is 5.52 Å². The molecule has 0 spiro atoms. The van der Waals surface area contributed by atoms with E-state index in [0.717, 1.165) is 5.56 Å². The molecule has 0 atom stereocenters. The number of benzene rings is 2. The molecule has 0 bridgehead atoms. The molecule has 2 aromatic carbocycles. The molecule has 3 rings (SSSR count). The van der Waals surface area contributed by atoms with E-state index in [2.05, 4.69) is 10.3 Å². The number of fused-ring (bicyclic) bond motifs is 1. The zero-order chi connectivity index (χ0) is 18.0. The summed E-state index contributed by atoms with van der Waals surface area (Å²) in [5.74, 6) is -1.06. The minimum atomic E-state index is -0.585. The number of rotatable bonds is 4.